The van der Waals surface area contributed by atoms with Crippen LogP contribution in [0.2, 0.25) is 0 Å². The fraction of sp³-hybridized carbons (Fsp3) is 0.316. The molecule has 0 bridgehead atoms. The number of benzene rings is 2. The Bertz CT molecular complexity index is 1970. The summed E-state index contributed by atoms with van der Waals surface area (Å²) in [6.45, 7) is 10.7. The Hall–Kier alpha value is -4.98. The summed E-state index contributed by atoms with van der Waals surface area (Å²) in [5, 5.41) is 19.9. The molecule has 12 nitrogen and oxygen atoms in total. The summed E-state index contributed by atoms with van der Waals surface area (Å²) in [6.07, 6.45) is 4.13. The molecule has 2 saturated heterocycles. The van der Waals surface area contributed by atoms with E-state index >= 15 is 0 Å². The lowest BCUT2D eigenvalue weighted by molar-refractivity contribution is -0.170. The predicted octanol–water partition coefficient (Wildman–Crippen LogP) is 6.87. The Kier molecular flexibility index (Phi) is 12.8. The Morgan fingerprint density at radius 2 is 1.22 bits per heavy atom. The van der Waals surface area contributed by atoms with Gasteiger partial charge in [0.05, 0.1) is 48.8 Å². The van der Waals surface area contributed by atoms with Crippen molar-refractivity contribution in [3.63, 3.8) is 0 Å². The molecule has 4 heterocycles. The third kappa shape index (κ3) is 9.84. The van der Waals surface area contributed by atoms with Crippen LogP contribution < -0.4 is 0 Å². The molecular weight excluding hydrogens is 724 g/mol. The minimum atomic E-state index is -0.936. The zero-order chi connectivity index (χ0) is 37.3. The van der Waals surface area contributed by atoms with Crippen molar-refractivity contribution in [2.24, 2.45) is 10.8 Å². The summed E-state index contributed by atoms with van der Waals surface area (Å²) in [6, 6.07) is 19.2. The molecule has 2 aliphatic rings. The molecule has 0 amide bonds. The molecule has 0 radical (unpaired) electrons. The Labute approximate surface area is 303 Å². The van der Waals surface area contributed by atoms with Gasteiger partial charge in [0, 0.05) is 29.1 Å². The van der Waals surface area contributed by atoms with Gasteiger partial charge in [0.25, 0.3) is 0 Å². The van der Waals surface area contributed by atoms with Gasteiger partial charge in [-0.15, -0.1) is 6.58 Å². The second-order valence-electron chi connectivity index (χ2n) is 12.2. The van der Waals surface area contributed by atoms with Gasteiger partial charge in [-0.05, 0) is 49.7 Å². The maximum atomic E-state index is 11.4. The van der Waals surface area contributed by atoms with Crippen LogP contribution in [0.3, 0.4) is 0 Å². The molecule has 2 aliphatic heterocycles. The number of aromatic nitrogens is 2. The normalized spacial score (nSPS) is 16.5. The number of nitrogens with zero attached hydrogens (tertiary/aromatic N) is 2. The maximum absolute atomic E-state index is 11.4. The Morgan fingerprint density at radius 3 is 1.61 bits per heavy atom. The third-order valence-corrected chi connectivity index (χ3v) is 8.70. The van der Waals surface area contributed by atoms with Gasteiger partial charge in [-0.1, -0.05) is 64.5 Å². The van der Waals surface area contributed by atoms with Crippen molar-refractivity contribution in [3.8, 4) is 0 Å². The van der Waals surface area contributed by atoms with E-state index in [9.17, 15) is 24.3 Å². The van der Waals surface area contributed by atoms with Crippen LogP contribution in [0.25, 0.3) is 27.9 Å². The molecular formula is C38H39BrN2O10. The molecule has 0 saturated carbocycles. The molecule has 51 heavy (non-hydrogen) atoms. The molecule has 2 fully saturated rings. The van der Waals surface area contributed by atoms with Crippen LogP contribution in [-0.2, 0) is 38.1 Å². The molecule has 2 N–H and O–H groups in total. The summed E-state index contributed by atoms with van der Waals surface area (Å²) in [5.74, 6) is -2.38. The van der Waals surface area contributed by atoms with Crippen molar-refractivity contribution in [3.05, 3.63) is 101 Å². The highest BCUT2D eigenvalue weighted by Crippen LogP contribution is 2.31. The van der Waals surface area contributed by atoms with E-state index in [1.807, 2.05) is 67.6 Å². The van der Waals surface area contributed by atoms with E-state index in [0.717, 1.165) is 37.5 Å². The van der Waals surface area contributed by atoms with Crippen molar-refractivity contribution in [1.82, 2.24) is 9.97 Å². The first kappa shape index (κ1) is 38.8. The van der Waals surface area contributed by atoms with Gasteiger partial charge in [0.2, 0.25) is 0 Å². The van der Waals surface area contributed by atoms with E-state index in [-0.39, 0.29) is 44.5 Å². The lowest BCUT2D eigenvalue weighted by Crippen LogP contribution is -2.47. The number of halogens is 1. The zero-order valence-electron chi connectivity index (χ0n) is 28.6. The minimum absolute atomic E-state index is 0.189. The van der Waals surface area contributed by atoms with Crippen LogP contribution in [0.5, 0.6) is 0 Å². The van der Waals surface area contributed by atoms with Gasteiger partial charge in [0.1, 0.15) is 23.0 Å². The first-order valence-electron chi connectivity index (χ1n) is 15.9. The van der Waals surface area contributed by atoms with Crippen LogP contribution in [0, 0.1) is 10.8 Å². The fourth-order valence-electron chi connectivity index (χ4n) is 4.95. The zero-order valence-corrected chi connectivity index (χ0v) is 30.2. The van der Waals surface area contributed by atoms with Gasteiger partial charge in [0.15, 0.2) is 0 Å². The summed E-state index contributed by atoms with van der Waals surface area (Å²) < 4.78 is 21.0. The highest BCUT2D eigenvalue weighted by molar-refractivity contribution is 9.10. The van der Waals surface area contributed by atoms with E-state index in [2.05, 4.69) is 32.5 Å². The summed E-state index contributed by atoms with van der Waals surface area (Å²) >= 11 is 3.41. The molecule has 2 aromatic heterocycles. The number of carboxylic acids is 2. The number of hydrogen-bond donors (Lipinski definition) is 2. The first-order chi connectivity index (χ1) is 24.2. The molecule has 2 aromatic carbocycles. The SMILES string of the molecule is C=CC1(C(=O)O)COC1.CC(=O)O[C@H](C)c1ccc2ccc(/C=C/C3(C(=O)O)COC3)cc2n1.CC(=O)O[C@H](C)c1ccc2ccc(Br)cc2n1. The minimum Gasteiger partial charge on any atom is -0.480 e. The van der Waals surface area contributed by atoms with Crippen molar-refractivity contribution in [1.29, 1.82) is 0 Å². The Balaban J connectivity index is 0.000000192. The predicted molar refractivity (Wildman–Crippen MR) is 193 cm³/mol. The largest absolute Gasteiger partial charge is 0.480 e. The molecule has 0 unspecified atom stereocenters. The van der Waals surface area contributed by atoms with E-state index in [0.29, 0.717) is 5.69 Å². The molecule has 2 atom stereocenters. The number of pyridine rings is 2. The van der Waals surface area contributed by atoms with Crippen LogP contribution in [0.1, 0.15) is 56.9 Å². The molecule has 4 aromatic rings. The van der Waals surface area contributed by atoms with Crippen LogP contribution in [0.15, 0.2) is 83.9 Å². The second kappa shape index (κ2) is 16.8. The van der Waals surface area contributed by atoms with Crippen molar-refractivity contribution in [2.45, 2.75) is 39.9 Å². The van der Waals surface area contributed by atoms with Gasteiger partial charge in [-0.3, -0.25) is 19.2 Å². The number of hydrogen-bond acceptors (Lipinski definition) is 10. The van der Waals surface area contributed by atoms with E-state index < -0.39 is 28.9 Å². The van der Waals surface area contributed by atoms with Gasteiger partial charge >= 0.3 is 23.9 Å². The third-order valence-electron chi connectivity index (χ3n) is 8.21. The van der Waals surface area contributed by atoms with Crippen LogP contribution in [0.4, 0.5) is 0 Å². The second-order valence-corrected chi connectivity index (χ2v) is 13.1. The monoisotopic (exact) mass is 762 g/mol. The molecule has 6 rings (SSSR count). The lowest BCUT2D eigenvalue weighted by atomic mass is 9.85. The standard InChI is InChI=1S/C19H19NO5.C13H12BrNO2.C6H8O3/c1-12(25-13(2)21)16-6-5-15-4-3-14(9-17(15)20-16)7-8-19(18(22)23)10-24-11-19;1-8(17-9(2)16)12-6-4-10-3-5-11(14)7-13(10)15-12;1-2-6(5(7)8)3-9-4-6/h3-9,12H,10-11H2,1-2H3,(H,22,23);3-8H,1-2H3;2H,1,3-4H2,(H,7,8)/b8-7+;;/t12-;8-;/m11./s1. The van der Waals surface area contributed by atoms with Crippen LogP contribution in [-0.4, -0.2) is 70.5 Å². The average Bonchev–Trinajstić information content (AvgIpc) is 3.03. The average molecular weight is 764 g/mol. The smallest absolute Gasteiger partial charge is 0.318 e. The summed E-state index contributed by atoms with van der Waals surface area (Å²) in [5.41, 5.74) is 2.20. The van der Waals surface area contributed by atoms with Gasteiger partial charge in [-0.25, -0.2) is 9.97 Å². The van der Waals surface area contributed by atoms with E-state index in [4.69, 9.17) is 24.1 Å². The van der Waals surface area contributed by atoms with Gasteiger partial charge in [-0.2, -0.15) is 0 Å². The lowest BCUT2D eigenvalue weighted by Gasteiger charge is -2.34. The number of carboxylic acid groups (broad SMARTS) is 2. The van der Waals surface area contributed by atoms with E-state index in [1.54, 1.807) is 19.1 Å². The van der Waals surface area contributed by atoms with E-state index in [1.165, 1.54) is 19.9 Å². The summed E-state index contributed by atoms with van der Waals surface area (Å²) in [4.78, 5) is 52.8. The quantitative estimate of drug-likeness (QED) is 0.134. The first-order valence-corrected chi connectivity index (χ1v) is 16.7. The number of rotatable bonds is 9. The number of ether oxygens (including phenoxy) is 4. The van der Waals surface area contributed by atoms with Crippen molar-refractivity contribution < 1.29 is 48.3 Å². The number of carbonyl (C=O) groups is 4. The molecule has 13 heteroatoms. The number of esters is 2. The number of carbonyl (C=O) groups excluding carboxylic acids is 2. The molecule has 0 aliphatic carbocycles. The molecule has 0 spiro atoms. The number of aliphatic carboxylic acids is 2. The Morgan fingerprint density at radius 1 is 0.765 bits per heavy atom. The fourth-order valence-corrected chi connectivity index (χ4v) is 5.30. The topological polar surface area (TPSA) is 171 Å². The van der Waals surface area contributed by atoms with Gasteiger partial charge < -0.3 is 29.2 Å². The van der Waals surface area contributed by atoms with Crippen molar-refractivity contribution >= 4 is 67.7 Å². The highest BCUT2D eigenvalue weighted by atomic mass is 79.9. The van der Waals surface area contributed by atoms with Crippen LogP contribution >= 0.6 is 15.9 Å². The van der Waals surface area contributed by atoms with Crippen molar-refractivity contribution in [2.75, 3.05) is 26.4 Å². The highest BCUT2D eigenvalue weighted by Gasteiger charge is 2.44. The maximum Gasteiger partial charge on any atom is 0.318 e. The number of fused-ring (bicyclic) bond motifs is 2. The molecule has 268 valence electrons. The summed E-state index contributed by atoms with van der Waals surface area (Å²) in [7, 11) is 0.